The Bertz CT molecular complexity index is 478. The Hall–Kier alpha value is -1.80. The van der Waals surface area contributed by atoms with E-state index in [9.17, 15) is 0 Å². The average Bonchev–Trinajstić information content (AvgIpc) is 2.47. The Morgan fingerprint density at radius 1 is 1.00 bits per heavy atom. The largest absolute Gasteiger partial charge is 0.486 e. The first-order valence-corrected chi connectivity index (χ1v) is 6.80. The van der Waals surface area contributed by atoms with Crippen LogP contribution in [0.5, 0.6) is 5.75 Å². The van der Waals surface area contributed by atoms with Crippen LogP contribution in [0.25, 0.3) is 0 Å². The van der Waals surface area contributed by atoms with Crippen LogP contribution in [0.1, 0.15) is 30.6 Å². The van der Waals surface area contributed by atoms with E-state index in [-0.39, 0.29) is 6.10 Å². The molecule has 0 spiro atoms. The molecule has 0 aliphatic heterocycles. The lowest BCUT2D eigenvalue weighted by molar-refractivity contribution is 0.227. The number of hydrogen-bond acceptors (Lipinski definition) is 2. The van der Waals surface area contributed by atoms with Crippen molar-refractivity contribution >= 4 is 0 Å². The highest BCUT2D eigenvalue weighted by Gasteiger charge is 2.06. The summed E-state index contributed by atoms with van der Waals surface area (Å²) in [5.41, 5.74) is 8.01. The minimum atomic E-state index is 0.0658. The minimum absolute atomic E-state index is 0.0658. The third kappa shape index (κ3) is 4.11. The molecule has 0 saturated heterocycles. The summed E-state index contributed by atoms with van der Waals surface area (Å²) in [7, 11) is 0. The van der Waals surface area contributed by atoms with Crippen molar-refractivity contribution in [3.8, 4) is 5.75 Å². The van der Waals surface area contributed by atoms with E-state index < -0.39 is 0 Å². The minimum Gasteiger partial charge on any atom is -0.486 e. The van der Waals surface area contributed by atoms with Gasteiger partial charge in [-0.1, -0.05) is 42.5 Å². The van der Waals surface area contributed by atoms with Crippen LogP contribution >= 0.6 is 0 Å². The molecule has 1 unspecified atom stereocenters. The zero-order chi connectivity index (χ0) is 13.5. The molecule has 19 heavy (non-hydrogen) atoms. The van der Waals surface area contributed by atoms with E-state index in [0.717, 1.165) is 25.1 Å². The predicted octanol–water partition coefficient (Wildman–Crippen LogP) is 3.72. The summed E-state index contributed by atoms with van der Waals surface area (Å²) in [4.78, 5) is 0. The molecule has 0 bridgehead atoms. The Balaban J connectivity index is 1.96. The first-order valence-electron chi connectivity index (χ1n) is 6.80. The van der Waals surface area contributed by atoms with Crippen molar-refractivity contribution in [1.29, 1.82) is 0 Å². The van der Waals surface area contributed by atoms with Crippen LogP contribution in [0, 0.1) is 0 Å². The van der Waals surface area contributed by atoms with Gasteiger partial charge in [-0.2, -0.15) is 0 Å². The normalized spacial score (nSPS) is 12.1. The van der Waals surface area contributed by atoms with Crippen molar-refractivity contribution < 1.29 is 4.74 Å². The monoisotopic (exact) mass is 255 g/mol. The average molecular weight is 255 g/mol. The van der Waals surface area contributed by atoms with Crippen LogP contribution in [0.4, 0.5) is 0 Å². The van der Waals surface area contributed by atoms with Gasteiger partial charge in [-0.25, -0.2) is 0 Å². The molecule has 2 heteroatoms. The second-order valence-electron chi connectivity index (χ2n) is 4.71. The van der Waals surface area contributed by atoms with Crippen LogP contribution in [-0.4, -0.2) is 6.54 Å². The van der Waals surface area contributed by atoms with Crippen molar-refractivity contribution in [1.82, 2.24) is 0 Å². The van der Waals surface area contributed by atoms with Gasteiger partial charge in [-0.05, 0) is 49.6 Å². The predicted molar refractivity (Wildman–Crippen MR) is 79.3 cm³/mol. The van der Waals surface area contributed by atoms with E-state index in [2.05, 4.69) is 31.2 Å². The molecular weight excluding hydrogens is 234 g/mol. The summed E-state index contributed by atoms with van der Waals surface area (Å²) in [6, 6.07) is 18.5. The van der Waals surface area contributed by atoms with Gasteiger partial charge in [0.15, 0.2) is 0 Å². The highest BCUT2D eigenvalue weighted by Crippen LogP contribution is 2.22. The molecule has 100 valence electrons. The molecule has 1 atom stereocenters. The fraction of sp³-hybridized carbons (Fsp3) is 0.294. The van der Waals surface area contributed by atoms with E-state index >= 15 is 0 Å². The number of aryl methyl sites for hydroxylation is 1. The molecular formula is C17H21NO. The Labute approximate surface area is 115 Å². The van der Waals surface area contributed by atoms with Gasteiger partial charge >= 0.3 is 0 Å². The lowest BCUT2D eigenvalue weighted by atomic mass is 10.1. The molecule has 2 nitrogen and oxygen atoms in total. The van der Waals surface area contributed by atoms with Crippen molar-refractivity contribution in [3.05, 3.63) is 65.7 Å². The molecule has 2 N–H and O–H groups in total. The second kappa shape index (κ2) is 6.95. The van der Waals surface area contributed by atoms with Gasteiger partial charge in [0, 0.05) is 0 Å². The first kappa shape index (κ1) is 13.6. The molecule has 2 rings (SSSR count). The van der Waals surface area contributed by atoms with Gasteiger partial charge < -0.3 is 10.5 Å². The fourth-order valence-corrected chi connectivity index (χ4v) is 2.04. The topological polar surface area (TPSA) is 35.2 Å². The standard InChI is InChI=1S/C17H21NO/c1-14(16-7-3-2-4-8-16)19-17-11-9-15(10-12-17)6-5-13-18/h2-4,7-12,14H,5-6,13,18H2,1H3. The van der Waals surface area contributed by atoms with Crippen LogP contribution in [0.2, 0.25) is 0 Å². The SMILES string of the molecule is CC(Oc1ccc(CCCN)cc1)c1ccccc1. The van der Waals surface area contributed by atoms with Gasteiger partial charge in [-0.3, -0.25) is 0 Å². The zero-order valence-corrected chi connectivity index (χ0v) is 11.4. The van der Waals surface area contributed by atoms with Gasteiger partial charge in [-0.15, -0.1) is 0 Å². The molecule has 2 aromatic carbocycles. The van der Waals surface area contributed by atoms with E-state index in [1.807, 2.05) is 30.3 Å². The lowest BCUT2D eigenvalue weighted by Crippen LogP contribution is -2.03. The Morgan fingerprint density at radius 3 is 2.32 bits per heavy atom. The van der Waals surface area contributed by atoms with Crippen molar-refractivity contribution in [2.75, 3.05) is 6.54 Å². The van der Waals surface area contributed by atoms with E-state index in [4.69, 9.17) is 10.5 Å². The molecule has 0 amide bonds. The molecule has 0 fully saturated rings. The maximum atomic E-state index is 5.94. The smallest absolute Gasteiger partial charge is 0.121 e. The van der Waals surface area contributed by atoms with Gasteiger partial charge in [0.25, 0.3) is 0 Å². The molecule has 0 aromatic heterocycles. The van der Waals surface area contributed by atoms with Crippen LogP contribution in [0.15, 0.2) is 54.6 Å². The first-order chi connectivity index (χ1) is 9.29. The van der Waals surface area contributed by atoms with Gasteiger partial charge in [0.1, 0.15) is 11.9 Å². The summed E-state index contributed by atoms with van der Waals surface area (Å²) in [5.74, 6) is 0.910. The number of benzene rings is 2. The maximum absolute atomic E-state index is 5.94. The Kier molecular flexibility index (Phi) is 4.99. The maximum Gasteiger partial charge on any atom is 0.121 e. The summed E-state index contributed by atoms with van der Waals surface area (Å²) >= 11 is 0. The van der Waals surface area contributed by atoms with Crippen LogP contribution in [0.3, 0.4) is 0 Å². The summed E-state index contributed by atoms with van der Waals surface area (Å²) < 4.78 is 5.94. The van der Waals surface area contributed by atoms with E-state index in [0.29, 0.717) is 0 Å². The van der Waals surface area contributed by atoms with Crippen molar-refractivity contribution in [2.24, 2.45) is 5.73 Å². The zero-order valence-electron chi connectivity index (χ0n) is 11.4. The van der Waals surface area contributed by atoms with Crippen LogP contribution < -0.4 is 10.5 Å². The molecule has 0 heterocycles. The fourth-order valence-electron chi connectivity index (χ4n) is 2.04. The molecule has 0 aliphatic rings. The van der Waals surface area contributed by atoms with Crippen molar-refractivity contribution in [3.63, 3.8) is 0 Å². The lowest BCUT2D eigenvalue weighted by Gasteiger charge is -2.15. The number of ether oxygens (including phenoxy) is 1. The number of rotatable bonds is 6. The third-order valence-electron chi connectivity index (χ3n) is 3.17. The van der Waals surface area contributed by atoms with Crippen LogP contribution in [-0.2, 0) is 6.42 Å². The molecule has 0 radical (unpaired) electrons. The second-order valence-corrected chi connectivity index (χ2v) is 4.71. The summed E-state index contributed by atoms with van der Waals surface area (Å²) in [6.45, 7) is 2.81. The van der Waals surface area contributed by atoms with Gasteiger partial charge in [0.2, 0.25) is 0 Å². The highest BCUT2D eigenvalue weighted by molar-refractivity contribution is 5.28. The summed E-state index contributed by atoms with van der Waals surface area (Å²) in [6.07, 6.45) is 2.13. The number of nitrogens with two attached hydrogens (primary N) is 1. The third-order valence-corrected chi connectivity index (χ3v) is 3.17. The van der Waals surface area contributed by atoms with E-state index in [1.54, 1.807) is 0 Å². The quantitative estimate of drug-likeness (QED) is 0.854. The molecule has 0 aliphatic carbocycles. The molecule has 0 saturated carbocycles. The molecule has 2 aromatic rings. The van der Waals surface area contributed by atoms with E-state index in [1.165, 1.54) is 11.1 Å². The highest BCUT2D eigenvalue weighted by atomic mass is 16.5. The summed E-state index contributed by atoms with van der Waals surface area (Å²) in [5, 5.41) is 0. The van der Waals surface area contributed by atoms with Crippen molar-refractivity contribution in [2.45, 2.75) is 25.9 Å². The number of hydrogen-bond donors (Lipinski definition) is 1. The Morgan fingerprint density at radius 2 is 1.68 bits per heavy atom. The van der Waals surface area contributed by atoms with Gasteiger partial charge in [0.05, 0.1) is 0 Å².